The molecule has 1 unspecified atom stereocenters. The van der Waals surface area contributed by atoms with E-state index in [0.29, 0.717) is 35.1 Å². The van der Waals surface area contributed by atoms with Gasteiger partial charge in [-0.3, -0.25) is 14.6 Å². The van der Waals surface area contributed by atoms with Crippen molar-refractivity contribution in [3.63, 3.8) is 0 Å². The molecule has 35 heavy (non-hydrogen) atoms. The van der Waals surface area contributed by atoms with E-state index in [-0.39, 0.29) is 31.6 Å². The Morgan fingerprint density at radius 1 is 1.03 bits per heavy atom. The van der Waals surface area contributed by atoms with Crippen LogP contribution in [0.2, 0.25) is 5.02 Å². The molecule has 1 aliphatic heterocycles. The predicted octanol–water partition coefficient (Wildman–Crippen LogP) is 4.89. The number of hydrogen-bond donors (Lipinski definition) is 0. The fourth-order valence-electron chi connectivity index (χ4n) is 4.07. The van der Waals surface area contributed by atoms with Crippen LogP contribution in [0.15, 0.2) is 66.9 Å². The van der Waals surface area contributed by atoms with E-state index in [9.17, 15) is 9.59 Å². The van der Waals surface area contributed by atoms with E-state index in [0.717, 1.165) is 11.3 Å². The molecule has 1 fully saturated rings. The van der Waals surface area contributed by atoms with Crippen molar-refractivity contribution in [1.29, 1.82) is 0 Å². The van der Waals surface area contributed by atoms with Gasteiger partial charge in [0.05, 0.1) is 25.6 Å². The fraction of sp³-hybridized carbons (Fsp3) is 0.296. The second-order valence-corrected chi connectivity index (χ2v) is 8.82. The molecule has 7 nitrogen and oxygen atoms in total. The number of carbonyl (C=O) groups is 2. The second kappa shape index (κ2) is 10.8. The van der Waals surface area contributed by atoms with E-state index in [1.165, 1.54) is 0 Å². The van der Waals surface area contributed by atoms with Crippen molar-refractivity contribution < 1.29 is 23.8 Å². The molecule has 0 aliphatic carbocycles. The van der Waals surface area contributed by atoms with Gasteiger partial charge in [-0.25, -0.2) is 0 Å². The number of amides is 1. The molecule has 0 saturated carbocycles. The summed E-state index contributed by atoms with van der Waals surface area (Å²) >= 11 is 5.96. The molecule has 2 heterocycles. The van der Waals surface area contributed by atoms with Gasteiger partial charge in [0.25, 0.3) is 5.91 Å². The fourth-order valence-corrected chi connectivity index (χ4v) is 4.19. The highest BCUT2D eigenvalue weighted by molar-refractivity contribution is 6.30. The summed E-state index contributed by atoms with van der Waals surface area (Å²) in [6.45, 7) is 2.75. The Hall–Kier alpha value is -3.58. The first kappa shape index (κ1) is 24.5. The molecule has 1 saturated heterocycles. The van der Waals surface area contributed by atoms with Gasteiger partial charge >= 0.3 is 5.97 Å². The zero-order chi connectivity index (χ0) is 24.8. The van der Waals surface area contributed by atoms with Crippen LogP contribution in [0.5, 0.6) is 11.5 Å². The van der Waals surface area contributed by atoms with Crippen LogP contribution in [-0.4, -0.2) is 55.2 Å². The zero-order valence-electron chi connectivity index (χ0n) is 19.7. The molecule has 0 spiro atoms. The summed E-state index contributed by atoms with van der Waals surface area (Å²) in [5.41, 5.74) is 1.31. The quantitative estimate of drug-likeness (QED) is 0.415. The maximum absolute atomic E-state index is 13.1. The van der Waals surface area contributed by atoms with Crippen molar-refractivity contribution in [2.75, 3.05) is 33.4 Å². The lowest BCUT2D eigenvalue weighted by molar-refractivity contribution is -0.156. The van der Waals surface area contributed by atoms with E-state index in [1.54, 1.807) is 49.4 Å². The Bertz CT molecular complexity index is 1170. The Balaban J connectivity index is 1.46. The number of ether oxygens (including phenoxy) is 3. The number of hydrogen-bond acceptors (Lipinski definition) is 6. The average molecular weight is 495 g/mol. The monoisotopic (exact) mass is 494 g/mol. The standard InChI is InChI=1S/C27H27ClN2O5/c1-3-34-26(32)27(14-15-30(17-27)25(31)20-6-10-22(33-2)11-7-20)18-35-23-12-13-24(29-16-23)19-4-8-21(28)9-5-19/h4-13,16H,3,14-15,17-18H2,1-2H3. The molecule has 182 valence electrons. The number of carbonyl (C=O) groups excluding carboxylic acids is 2. The minimum absolute atomic E-state index is 0.0835. The van der Waals surface area contributed by atoms with Gasteiger partial charge in [-0.2, -0.15) is 0 Å². The molecule has 3 aromatic rings. The highest BCUT2D eigenvalue weighted by atomic mass is 35.5. The first-order chi connectivity index (χ1) is 16.9. The van der Waals surface area contributed by atoms with Crippen molar-refractivity contribution in [3.8, 4) is 22.8 Å². The van der Waals surface area contributed by atoms with Crippen LogP contribution in [0, 0.1) is 5.41 Å². The van der Waals surface area contributed by atoms with Gasteiger partial charge in [0.1, 0.15) is 23.5 Å². The number of methoxy groups -OCH3 is 1. The summed E-state index contributed by atoms with van der Waals surface area (Å²) in [6, 6.07) is 18.0. The molecule has 4 rings (SSSR count). The van der Waals surface area contributed by atoms with Crippen molar-refractivity contribution in [2.24, 2.45) is 5.41 Å². The summed E-state index contributed by atoms with van der Waals surface area (Å²) in [7, 11) is 1.58. The molecular formula is C27H27ClN2O5. The minimum Gasteiger partial charge on any atom is -0.497 e. The Morgan fingerprint density at radius 3 is 2.37 bits per heavy atom. The van der Waals surface area contributed by atoms with Gasteiger partial charge in [0, 0.05) is 29.2 Å². The van der Waals surface area contributed by atoms with Gasteiger partial charge in [-0.15, -0.1) is 0 Å². The van der Waals surface area contributed by atoms with Crippen LogP contribution in [0.4, 0.5) is 0 Å². The third-order valence-electron chi connectivity index (χ3n) is 6.08. The van der Waals surface area contributed by atoms with Crippen LogP contribution in [0.25, 0.3) is 11.3 Å². The summed E-state index contributed by atoms with van der Waals surface area (Å²) in [5, 5.41) is 0.661. The maximum Gasteiger partial charge on any atom is 0.317 e. The topological polar surface area (TPSA) is 78.0 Å². The first-order valence-electron chi connectivity index (χ1n) is 11.4. The van der Waals surface area contributed by atoms with Gasteiger partial charge in [-0.1, -0.05) is 23.7 Å². The van der Waals surface area contributed by atoms with Gasteiger partial charge in [0.15, 0.2) is 0 Å². The van der Waals surface area contributed by atoms with E-state index in [1.807, 2.05) is 36.4 Å². The lowest BCUT2D eigenvalue weighted by Crippen LogP contribution is -2.42. The molecule has 2 aromatic carbocycles. The smallest absolute Gasteiger partial charge is 0.317 e. The molecule has 1 amide bonds. The summed E-state index contributed by atoms with van der Waals surface area (Å²) in [5.74, 6) is 0.697. The number of aromatic nitrogens is 1. The third kappa shape index (κ3) is 5.57. The predicted molar refractivity (Wildman–Crippen MR) is 133 cm³/mol. The van der Waals surface area contributed by atoms with E-state index in [2.05, 4.69) is 4.98 Å². The minimum atomic E-state index is -0.951. The van der Waals surface area contributed by atoms with E-state index >= 15 is 0 Å². The molecule has 0 radical (unpaired) electrons. The van der Waals surface area contributed by atoms with Crippen LogP contribution in [0.3, 0.4) is 0 Å². The number of benzene rings is 2. The van der Waals surface area contributed by atoms with Crippen LogP contribution < -0.4 is 9.47 Å². The summed E-state index contributed by atoms with van der Waals surface area (Å²) in [4.78, 5) is 32.2. The van der Waals surface area contributed by atoms with Gasteiger partial charge < -0.3 is 19.1 Å². The molecule has 1 atom stereocenters. The Labute approximate surface area is 209 Å². The number of likely N-dealkylation sites (tertiary alicyclic amines) is 1. The molecule has 1 aromatic heterocycles. The normalized spacial score (nSPS) is 17.2. The van der Waals surface area contributed by atoms with E-state index < -0.39 is 5.41 Å². The summed E-state index contributed by atoms with van der Waals surface area (Å²) < 4.78 is 16.5. The SMILES string of the molecule is CCOC(=O)C1(COc2ccc(-c3ccc(Cl)cc3)nc2)CCN(C(=O)c2ccc(OC)cc2)C1. The number of halogens is 1. The average Bonchev–Trinajstić information content (AvgIpc) is 3.34. The van der Waals surface area contributed by atoms with Crippen LogP contribution in [0.1, 0.15) is 23.7 Å². The van der Waals surface area contributed by atoms with Crippen LogP contribution >= 0.6 is 11.6 Å². The molecule has 0 bridgehead atoms. The molecule has 1 aliphatic rings. The first-order valence-corrected chi connectivity index (χ1v) is 11.8. The van der Waals surface area contributed by atoms with Crippen molar-refractivity contribution >= 4 is 23.5 Å². The number of pyridine rings is 1. The number of esters is 1. The Morgan fingerprint density at radius 2 is 1.74 bits per heavy atom. The van der Waals surface area contributed by atoms with Gasteiger partial charge in [0.2, 0.25) is 0 Å². The lowest BCUT2D eigenvalue weighted by Gasteiger charge is -2.27. The number of rotatable bonds is 8. The highest BCUT2D eigenvalue weighted by Gasteiger charge is 2.48. The second-order valence-electron chi connectivity index (χ2n) is 8.38. The zero-order valence-corrected chi connectivity index (χ0v) is 20.5. The molecule has 8 heteroatoms. The largest absolute Gasteiger partial charge is 0.497 e. The number of nitrogens with zero attached hydrogens (tertiary/aromatic N) is 2. The van der Waals surface area contributed by atoms with Crippen molar-refractivity contribution in [2.45, 2.75) is 13.3 Å². The Kier molecular flexibility index (Phi) is 7.56. The lowest BCUT2D eigenvalue weighted by atomic mass is 9.88. The highest BCUT2D eigenvalue weighted by Crippen LogP contribution is 2.34. The third-order valence-corrected chi connectivity index (χ3v) is 6.33. The summed E-state index contributed by atoms with van der Waals surface area (Å²) in [6.07, 6.45) is 2.07. The van der Waals surface area contributed by atoms with Crippen molar-refractivity contribution in [1.82, 2.24) is 9.88 Å². The molecule has 0 N–H and O–H groups in total. The van der Waals surface area contributed by atoms with Crippen LogP contribution in [-0.2, 0) is 9.53 Å². The van der Waals surface area contributed by atoms with Crippen molar-refractivity contribution in [3.05, 3.63) is 77.4 Å². The van der Waals surface area contributed by atoms with E-state index in [4.69, 9.17) is 25.8 Å². The molecular weight excluding hydrogens is 468 g/mol. The van der Waals surface area contributed by atoms with Gasteiger partial charge in [-0.05, 0) is 61.9 Å². The maximum atomic E-state index is 13.1.